The van der Waals surface area contributed by atoms with E-state index in [0.29, 0.717) is 17.2 Å². The monoisotopic (exact) mass is 458 g/mol. The molecule has 0 saturated carbocycles. The van der Waals surface area contributed by atoms with Gasteiger partial charge in [-0.05, 0) is 30.0 Å². The van der Waals surface area contributed by atoms with Crippen LogP contribution in [0.1, 0.15) is 70.4 Å². The van der Waals surface area contributed by atoms with Crippen molar-refractivity contribution in [1.82, 2.24) is 10.1 Å². The SMILES string of the molecule is CC(C)C(C(=O)N1CC(=O)CC1C(=O)CCc1ccc(Cl)cc1)c1cc(C(C)(C)C)no1. The van der Waals surface area contributed by atoms with Crippen LogP contribution in [0, 0.1) is 5.92 Å². The largest absolute Gasteiger partial charge is 0.360 e. The Balaban J connectivity index is 1.77. The van der Waals surface area contributed by atoms with Crippen LogP contribution in [0.4, 0.5) is 0 Å². The fraction of sp³-hybridized carbons (Fsp3) is 0.520. The normalized spacial score (nSPS) is 17.8. The summed E-state index contributed by atoms with van der Waals surface area (Å²) in [4.78, 5) is 40.2. The van der Waals surface area contributed by atoms with Crippen molar-refractivity contribution in [3.63, 3.8) is 0 Å². The summed E-state index contributed by atoms with van der Waals surface area (Å²) in [7, 11) is 0. The Kier molecular flexibility index (Phi) is 7.23. The minimum absolute atomic E-state index is 0.0420. The standard InChI is InChI=1S/C25H31ClN2O4/c1-15(2)23(21-13-22(27-32-21)25(3,4)5)24(31)28-14-18(29)12-19(28)20(30)11-8-16-6-9-17(26)10-7-16/h6-7,9-10,13,15,19,23H,8,11-12,14H2,1-5H3. The summed E-state index contributed by atoms with van der Waals surface area (Å²) >= 11 is 5.92. The molecular weight excluding hydrogens is 428 g/mol. The van der Waals surface area contributed by atoms with Gasteiger partial charge in [-0.2, -0.15) is 0 Å². The molecule has 0 aliphatic carbocycles. The first-order valence-electron chi connectivity index (χ1n) is 11.0. The second kappa shape index (κ2) is 9.57. The molecular formula is C25H31ClN2O4. The molecule has 32 heavy (non-hydrogen) atoms. The van der Waals surface area contributed by atoms with E-state index in [1.165, 1.54) is 4.90 Å². The number of likely N-dealkylation sites (tertiary alicyclic amines) is 1. The lowest BCUT2D eigenvalue weighted by atomic mass is 9.88. The summed E-state index contributed by atoms with van der Waals surface area (Å²) in [6.45, 7) is 9.88. The summed E-state index contributed by atoms with van der Waals surface area (Å²) in [6, 6.07) is 8.42. The molecule has 3 rings (SSSR count). The lowest BCUT2D eigenvalue weighted by Crippen LogP contribution is -2.44. The average molecular weight is 459 g/mol. The minimum Gasteiger partial charge on any atom is -0.360 e. The zero-order chi connectivity index (χ0) is 23.6. The van der Waals surface area contributed by atoms with E-state index in [2.05, 4.69) is 5.16 Å². The van der Waals surface area contributed by atoms with Crippen molar-refractivity contribution in [3.05, 3.63) is 52.4 Å². The number of ketones is 2. The van der Waals surface area contributed by atoms with Crippen LogP contribution in [0.2, 0.25) is 5.02 Å². The van der Waals surface area contributed by atoms with Gasteiger partial charge < -0.3 is 9.42 Å². The molecule has 2 aromatic rings. The fourth-order valence-electron chi connectivity index (χ4n) is 4.00. The zero-order valence-corrected chi connectivity index (χ0v) is 20.1. The molecule has 1 aromatic heterocycles. The Bertz CT molecular complexity index is 988. The molecule has 1 aromatic carbocycles. The molecule has 1 saturated heterocycles. The molecule has 0 radical (unpaired) electrons. The molecule has 0 N–H and O–H groups in total. The first-order chi connectivity index (χ1) is 15.0. The maximum atomic E-state index is 13.5. The third kappa shape index (κ3) is 5.47. The van der Waals surface area contributed by atoms with Gasteiger partial charge in [-0.3, -0.25) is 14.4 Å². The topological polar surface area (TPSA) is 80.5 Å². The van der Waals surface area contributed by atoms with Gasteiger partial charge in [-0.25, -0.2) is 0 Å². The van der Waals surface area contributed by atoms with E-state index in [-0.39, 0.29) is 48.2 Å². The number of hydrogen-bond acceptors (Lipinski definition) is 5. The number of carbonyl (C=O) groups is 3. The highest BCUT2D eigenvalue weighted by atomic mass is 35.5. The van der Waals surface area contributed by atoms with Crippen molar-refractivity contribution in [3.8, 4) is 0 Å². The quantitative estimate of drug-likeness (QED) is 0.598. The van der Waals surface area contributed by atoms with Crippen molar-refractivity contribution < 1.29 is 18.9 Å². The molecule has 0 bridgehead atoms. The third-order valence-corrected chi connectivity index (χ3v) is 6.16. The first kappa shape index (κ1) is 24.2. The second-order valence-corrected chi connectivity index (χ2v) is 10.3. The van der Waals surface area contributed by atoms with Crippen molar-refractivity contribution in [2.45, 2.75) is 71.3 Å². The number of Topliss-reactive ketones (excluding diaryl/α,β-unsaturated/α-hetero) is 2. The molecule has 1 amide bonds. The van der Waals surface area contributed by atoms with Crippen LogP contribution in [0.3, 0.4) is 0 Å². The first-order valence-corrected chi connectivity index (χ1v) is 11.4. The van der Waals surface area contributed by atoms with Crippen molar-refractivity contribution in [2.24, 2.45) is 5.92 Å². The van der Waals surface area contributed by atoms with E-state index in [0.717, 1.165) is 11.3 Å². The summed E-state index contributed by atoms with van der Waals surface area (Å²) in [5, 5.41) is 4.79. The summed E-state index contributed by atoms with van der Waals surface area (Å²) < 4.78 is 5.55. The number of halogens is 1. The summed E-state index contributed by atoms with van der Waals surface area (Å²) in [5.74, 6) is -0.665. The van der Waals surface area contributed by atoms with E-state index < -0.39 is 12.0 Å². The number of aryl methyl sites for hydroxylation is 1. The molecule has 7 heteroatoms. The van der Waals surface area contributed by atoms with Gasteiger partial charge in [0.05, 0.1) is 18.3 Å². The third-order valence-electron chi connectivity index (χ3n) is 5.91. The average Bonchev–Trinajstić information content (AvgIpc) is 3.34. The molecule has 1 fully saturated rings. The summed E-state index contributed by atoms with van der Waals surface area (Å²) in [6.07, 6.45) is 0.860. The maximum Gasteiger partial charge on any atom is 0.234 e. The molecule has 2 heterocycles. The van der Waals surface area contributed by atoms with Gasteiger partial charge >= 0.3 is 0 Å². The van der Waals surface area contributed by atoms with Crippen LogP contribution in [0.15, 0.2) is 34.9 Å². The van der Waals surface area contributed by atoms with Gasteiger partial charge in [0.25, 0.3) is 0 Å². The van der Waals surface area contributed by atoms with Crippen LogP contribution in [0.5, 0.6) is 0 Å². The smallest absolute Gasteiger partial charge is 0.234 e. The van der Waals surface area contributed by atoms with Crippen molar-refractivity contribution in [1.29, 1.82) is 0 Å². The Morgan fingerprint density at radius 2 is 1.88 bits per heavy atom. The van der Waals surface area contributed by atoms with Crippen LogP contribution < -0.4 is 0 Å². The highest BCUT2D eigenvalue weighted by molar-refractivity contribution is 6.30. The van der Waals surface area contributed by atoms with Crippen LogP contribution >= 0.6 is 11.6 Å². The van der Waals surface area contributed by atoms with Crippen LogP contribution in [-0.4, -0.2) is 40.1 Å². The number of hydrogen-bond donors (Lipinski definition) is 0. The van der Waals surface area contributed by atoms with Gasteiger partial charge in [0.15, 0.2) is 11.6 Å². The summed E-state index contributed by atoms with van der Waals surface area (Å²) in [5.41, 5.74) is 1.54. The van der Waals surface area contributed by atoms with Gasteiger partial charge in [0, 0.05) is 29.3 Å². The zero-order valence-electron chi connectivity index (χ0n) is 19.4. The number of benzene rings is 1. The minimum atomic E-state index is -0.728. The van der Waals surface area contributed by atoms with Gasteiger partial charge in [-0.1, -0.05) is 63.5 Å². The van der Waals surface area contributed by atoms with E-state index in [1.807, 2.05) is 52.8 Å². The van der Waals surface area contributed by atoms with E-state index in [4.69, 9.17) is 16.1 Å². The molecule has 2 atom stereocenters. The van der Waals surface area contributed by atoms with Gasteiger partial charge in [0.2, 0.25) is 5.91 Å². The Labute approximate surface area is 194 Å². The number of carbonyl (C=O) groups excluding carboxylic acids is 3. The molecule has 0 spiro atoms. The molecule has 1 aliphatic heterocycles. The van der Waals surface area contributed by atoms with Crippen molar-refractivity contribution >= 4 is 29.1 Å². The number of rotatable bonds is 7. The Morgan fingerprint density at radius 3 is 2.44 bits per heavy atom. The highest BCUT2D eigenvalue weighted by Gasteiger charge is 2.43. The molecule has 172 valence electrons. The lowest BCUT2D eigenvalue weighted by Gasteiger charge is -2.28. The predicted octanol–water partition coefficient (Wildman–Crippen LogP) is 4.74. The van der Waals surface area contributed by atoms with Crippen molar-refractivity contribution in [2.75, 3.05) is 6.54 Å². The van der Waals surface area contributed by atoms with Gasteiger partial charge in [-0.15, -0.1) is 0 Å². The molecule has 6 nitrogen and oxygen atoms in total. The number of nitrogens with zero attached hydrogens (tertiary/aromatic N) is 2. The van der Waals surface area contributed by atoms with Crippen LogP contribution in [0.25, 0.3) is 0 Å². The molecule has 1 aliphatic rings. The lowest BCUT2D eigenvalue weighted by molar-refractivity contribution is -0.140. The second-order valence-electron chi connectivity index (χ2n) is 9.90. The van der Waals surface area contributed by atoms with Crippen LogP contribution in [-0.2, 0) is 26.2 Å². The van der Waals surface area contributed by atoms with E-state index >= 15 is 0 Å². The Hall–Kier alpha value is -2.47. The highest BCUT2D eigenvalue weighted by Crippen LogP contribution is 2.33. The van der Waals surface area contributed by atoms with E-state index in [9.17, 15) is 14.4 Å². The number of aromatic nitrogens is 1. The fourth-order valence-corrected chi connectivity index (χ4v) is 4.12. The van der Waals surface area contributed by atoms with Gasteiger partial charge in [0.1, 0.15) is 11.7 Å². The maximum absolute atomic E-state index is 13.5. The predicted molar refractivity (Wildman–Crippen MR) is 123 cm³/mol. The molecule has 2 unspecified atom stereocenters. The Morgan fingerprint density at radius 1 is 1.22 bits per heavy atom. The van der Waals surface area contributed by atoms with E-state index in [1.54, 1.807) is 12.1 Å². The number of amides is 1.